The first-order valence-electron chi connectivity index (χ1n) is 7.71. The van der Waals surface area contributed by atoms with Crippen molar-refractivity contribution < 1.29 is 23.0 Å². The number of nitrogens with zero attached hydrogens (tertiary/aromatic N) is 1. The summed E-state index contributed by atoms with van der Waals surface area (Å²) in [5, 5.41) is 3.24. The van der Waals surface area contributed by atoms with Gasteiger partial charge < -0.3 is 19.7 Å². The van der Waals surface area contributed by atoms with E-state index in [1.807, 2.05) is 6.92 Å². The quantitative estimate of drug-likeness (QED) is 0.836. The van der Waals surface area contributed by atoms with E-state index in [0.717, 1.165) is 25.9 Å². The smallest absolute Gasteiger partial charge is 0.387 e. The molecule has 0 aromatic heterocycles. The van der Waals surface area contributed by atoms with Crippen LogP contribution in [-0.2, 0) is 0 Å². The number of benzene rings is 1. The van der Waals surface area contributed by atoms with Crippen LogP contribution in [0, 0.1) is 0 Å². The van der Waals surface area contributed by atoms with E-state index >= 15 is 0 Å². The molecule has 0 bridgehead atoms. The van der Waals surface area contributed by atoms with Crippen LogP contribution in [0.5, 0.6) is 11.5 Å². The Hall–Kier alpha value is -1.89. The zero-order valence-corrected chi connectivity index (χ0v) is 13.4. The third-order valence-corrected chi connectivity index (χ3v) is 3.83. The van der Waals surface area contributed by atoms with Crippen molar-refractivity contribution >= 4 is 5.91 Å². The molecule has 1 aliphatic heterocycles. The number of rotatable bonds is 7. The molecule has 128 valence electrons. The van der Waals surface area contributed by atoms with Crippen LogP contribution in [0.1, 0.15) is 30.1 Å². The number of hydrogen-bond donors (Lipinski definition) is 1. The Bertz CT molecular complexity index is 534. The van der Waals surface area contributed by atoms with Gasteiger partial charge in [0, 0.05) is 24.7 Å². The molecule has 0 saturated carbocycles. The molecule has 1 amide bonds. The van der Waals surface area contributed by atoms with E-state index in [1.165, 1.54) is 19.2 Å². The Morgan fingerprint density at radius 1 is 1.43 bits per heavy atom. The molecule has 7 heteroatoms. The highest BCUT2D eigenvalue weighted by atomic mass is 19.3. The number of nitrogens with one attached hydrogen (secondary N) is 1. The number of carbonyl (C=O) groups excluding carboxylic acids is 1. The van der Waals surface area contributed by atoms with Gasteiger partial charge in [0.25, 0.3) is 5.91 Å². The highest BCUT2D eigenvalue weighted by Crippen LogP contribution is 2.30. The Morgan fingerprint density at radius 3 is 2.78 bits per heavy atom. The second-order valence-corrected chi connectivity index (χ2v) is 5.39. The van der Waals surface area contributed by atoms with Gasteiger partial charge in [0.2, 0.25) is 0 Å². The molecule has 1 heterocycles. The second-order valence-electron chi connectivity index (χ2n) is 5.39. The van der Waals surface area contributed by atoms with Crippen LogP contribution in [0.2, 0.25) is 0 Å². The van der Waals surface area contributed by atoms with E-state index in [4.69, 9.17) is 4.74 Å². The van der Waals surface area contributed by atoms with E-state index in [9.17, 15) is 13.6 Å². The van der Waals surface area contributed by atoms with Gasteiger partial charge in [0.15, 0.2) is 11.5 Å². The van der Waals surface area contributed by atoms with Crippen LogP contribution >= 0.6 is 0 Å². The molecule has 1 fully saturated rings. The van der Waals surface area contributed by atoms with Gasteiger partial charge in [-0.25, -0.2) is 0 Å². The lowest BCUT2D eigenvalue weighted by molar-refractivity contribution is -0.0512. The maximum Gasteiger partial charge on any atom is 0.387 e. The lowest BCUT2D eigenvalue weighted by Crippen LogP contribution is -2.42. The van der Waals surface area contributed by atoms with E-state index in [2.05, 4.69) is 10.1 Å². The summed E-state index contributed by atoms with van der Waals surface area (Å²) in [6.07, 6.45) is 1.72. The van der Waals surface area contributed by atoms with Crippen LogP contribution in [0.15, 0.2) is 18.2 Å². The molecule has 2 rings (SSSR count). The predicted molar refractivity (Wildman–Crippen MR) is 82.2 cm³/mol. The fraction of sp³-hybridized carbons (Fsp3) is 0.562. The van der Waals surface area contributed by atoms with Gasteiger partial charge >= 0.3 is 6.61 Å². The van der Waals surface area contributed by atoms with Gasteiger partial charge in [-0.05, 0) is 37.6 Å². The average molecular weight is 328 g/mol. The Morgan fingerprint density at radius 2 is 2.22 bits per heavy atom. The lowest BCUT2D eigenvalue weighted by Gasteiger charge is -2.28. The summed E-state index contributed by atoms with van der Waals surface area (Å²) in [6.45, 7) is 1.28. The minimum absolute atomic E-state index is 0.129. The fourth-order valence-electron chi connectivity index (χ4n) is 2.76. The maximum absolute atomic E-state index is 12.8. The number of methoxy groups -OCH3 is 1. The summed E-state index contributed by atoms with van der Waals surface area (Å²) in [5.41, 5.74) is 0.321. The molecule has 0 radical (unpaired) electrons. The molecule has 0 spiro atoms. The third-order valence-electron chi connectivity index (χ3n) is 3.83. The first-order chi connectivity index (χ1) is 11.1. The van der Waals surface area contributed by atoms with E-state index in [-0.39, 0.29) is 23.4 Å². The van der Waals surface area contributed by atoms with Gasteiger partial charge in [-0.3, -0.25) is 4.79 Å². The van der Waals surface area contributed by atoms with Gasteiger partial charge in [0.1, 0.15) is 0 Å². The van der Waals surface area contributed by atoms with Crippen molar-refractivity contribution in [2.24, 2.45) is 0 Å². The van der Waals surface area contributed by atoms with E-state index in [1.54, 1.807) is 11.0 Å². The lowest BCUT2D eigenvalue weighted by atomic mass is 10.1. The number of ether oxygens (including phenoxy) is 2. The molecular weight excluding hydrogens is 306 g/mol. The minimum atomic E-state index is -2.97. The second kappa shape index (κ2) is 8.10. The maximum atomic E-state index is 12.8. The highest BCUT2D eigenvalue weighted by molar-refractivity contribution is 5.95. The number of hydrogen-bond acceptors (Lipinski definition) is 4. The van der Waals surface area contributed by atoms with Gasteiger partial charge in [0.05, 0.1) is 7.11 Å². The molecular formula is C16H22F2N2O3. The van der Waals surface area contributed by atoms with Crippen molar-refractivity contribution in [3.63, 3.8) is 0 Å². The van der Waals surface area contributed by atoms with E-state index < -0.39 is 6.61 Å². The highest BCUT2D eigenvalue weighted by Gasteiger charge is 2.27. The van der Waals surface area contributed by atoms with E-state index in [0.29, 0.717) is 12.1 Å². The third kappa shape index (κ3) is 4.31. The molecule has 1 aliphatic rings. The molecule has 1 saturated heterocycles. The van der Waals surface area contributed by atoms with Crippen molar-refractivity contribution in [2.75, 3.05) is 26.7 Å². The van der Waals surface area contributed by atoms with Crippen molar-refractivity contribution in [2.45, 2.75) is 32.4 Å². The first-order valence-corrected chi connectivity index (χ1v) is 7.71. The summed E-state index contributed by atoms with van der Waals surface area (Å²) in [7, 11) is 1.36. The van der Waals surface area contributed by atoms with Crippen LogP contribution in [0.25, 0.3) is 0 Å². The number of halogens is 2. The molecule has 1 unspecified atom stereocenters. The largest absolute Gasteiger partial charge is 0.493 e. The summed E-state index contributed by atoms with van der Waals surface area (Å²) in [5.74, 6) is -0.136. The molecule has 1 aromatic rings. The topological polar surface area (TPSA) is 50.8 Å². The zero-order chi connectivity index (χ0) is 16.8. The van der Waals surface area contributed by atoms with Crippen molar-refractivity contribution in [3.8, 4) is 11.5 Å². The average Bonchev–Trinajstić information content (AvgIpc) is 3.05. The predicted octanol–water partition coefficient (Wildman–Crippen LogP) is 2.51. The molecule has 23 heavy (non-hydrogen) atoms. The van der Waals surface area contributed by atoms with Crippen molar-refractivity contribution in [3.05, 3.63) is 23.8 Å². The molecule has 1 atom stereocenters. The van der Waals surface area contributed by atoms with Crippen LogP contribution < -0.4 is 14.8 Å². The normalized spacial score (nSPS) is 17.3. The number of amides is 1. The van der Waals surface area contributed by atoms with Crippen LogP contribution in [0.4, 0.5) is 8.78 Å². The Labute approximate surface area is 134 Å². The first kappa shape index (κ1) is 17.5. The minimum Gasteiger partial charge on any atom is -0.493 e. The molecule has 1 aromatic carbocycles. The summed E-state index contributed by atoms with van der Waals surface area (Å²) < 4.78 is 34.5. The van der Waals surface area contributed by atoms with Gasteiger partial charge in [-0.2, -0.15) is 8.78 Å². The summed E-state index contributed by atoms with van der Waals surface area (Å²) in [6, 6.07) is 4.49. The number of alkyl halides is 2. The molecule has 1 N–H and O–H groups in total. The van der Waals surface area contributed by atoms with Crippen LogP contribution in [0.3, 0.4) is 0 Å². The van der Waals surface area contributed by atoms with Gasteiger partial charge in [-0.1, -0.05) is 6.92 Å². The Balaban J connectivity index is 2.25. The standard InChI is InChI=1S/C16H22F2N2O3/c1-3-8-20(12-6-7-19-10-12)15(21)11-4-5-13(22-2)14(9-11)23-16(17)18/h4-5,9,12,16,19H,3,6-8,10H2,1-2H3. The fourth-order valence-corrected chi connectivity index (χ4v) is 2.76. The van der Waals surface area contributed by atoms with Crippen molar-refractivity contribution in [1.29, 1.82) is 0 Å². The SMILES string of the molecule is CCCN(C(=O)c1ccc(OC)c(OC(F)F)c1)C1CCNC1. The monoisotopic (exact) mass is 328 g/mol. The summed E-state index contributed by atoms with van der Waals surface area (Å²) >= 11 is 0. The van der Waals surface area contributed by atoms with Crippen molar-refractivity contribution in [1.82, 2.24) is 10.2 Å². The van der Waals surface area contributed by atoms with Crippen LogP contribution in [-0.4, -0.2) is 50.2 Å². The zero-order valence-electron chi connectivity index (χ0n) is 13.4. The summed E-state index contributed by atoms with van der Waals surface area (Å²) in [4.78, 5) is 14.6. The Kier molecular flexibility index (Phi) is 6.15. The molecule has 0 aliphatic carbocycles. The molecule has 5 nitrogen and oxygen atoms in total. The number of carbonyl (C=O) groups is 1. The van der Waals surface area contributed by atoms with Gasteiger partial charge in [-0.15, -0.1) is 0 Å².